The van der Waals surface area contributed by atoms with Crippen molar-refractivity contribution in [3.63, 3.8) is 0 Å². The van der Waals surface area contributed by atoms with E-state index in [1.54, 1.807) is 11.8 Å². The van der Waals surface area contributed by atoms with Crippen LogP contribution in [0.25, 0.3) is 0 Å². The maximum atomic E-state index is 4.45. The summed E-state index contributed by atoms with van der Waals surface area (Å²) in [6, 6.07) is 8.19. The van der Waals surface area contributed by atoms with Crippen molar-refractivity contribution in [3.05, 3.63) is 36.8 Å². The topological polar surface area (TPSA) is 0 Å². The fourth-order valence-corrected chi connectivity index (χ4v) is 1.03. The Bertz CT molecular complexity index is 186. The predicted molar refractivity (Wildman–Crippen MR) is 48.5 cm³/mol. The fraction of sp³-hybridized carbons (Fsp3) is 0.125. The molecule has 0 nitrogen and oxygen atoms in total. The molecular formula is C8H9ClMnS. The summed E-state index contributed by atoms with van der Waals surface area (Å²) in [6.45, 7) is 3.79. The molecule has 1 rings (SSSR count). The van der Waals surface area contributed by atoms with Crippen molar-refractivity contribution in [2.75, 3.05) is 6.26 Å². The fourth-order valence-electron chi connectivity index (χ4n) is 0.626. The summed E-state index contributed by atoms with van der Waals surface area (Å²) in [7, 11) is 4.45. The van der Waals surface area contributed by atoms with Gasteiger partial charge in [0, 0.05) is 0 Å². The predicted octanol–water partition coefficient (Wildman–Crippen LogP) is 3.28. The molecule has 1 aromatic rings. The standard InChI is InChI=1S/C8H9S.ClH.Mn/c1-7-3-5-8(9-2)6-4-7;;/h3-6H,1H2,2H3;1H;/q-1;;+2/p-1. The Morgan fingerprint density at radius 2 is 1.73 bits per heavy atom. The van der Waals surface area contributed by atoms with Gasteiger partial charge < -0.3 is 0 Å². The summed E-state index contributed by atoms with van der Waals surface area (Å²) >= 11 is 4.16. The number of hydrogen-bond acceptors (Lipinski definition) is 1. The molecule has 0 saturated heterocycles. The average molecular weight is 228 g/mol. The van der Waals surface area contributed by atoms with Crippen LogP contribution in [0.2, 0.25) is 0 Å². The van der Waals surface area contributed by atoms with Crippen LogP contribution in [-0.4, -0.2) is 6.26 Å². The monoisotopic (exact) mass is 227 g/mol. The number of halogens is 1. The Hall–Kier alpha value is 0.249. The minimum atomic E-state index is 1.08. The maximum absolute atomic E-state index is 4.45. The first-order valence-electron chi connectivity index (χ1n) is 2.93. The number of hydrogen-bond donors (Lipinski definition) is 0. The Morgan fingerprint density at radius 3 is 2.09 bits per heavy atom. The van der Waals surface area contributed by atoms with Gasteiger partial charge in [-0.25, -0.2) is 0 Å². The molecule has 0 aliphatic carbocycles. The SMILES string of the molecule is [CH2-]c1ccc(SC)cc1.[Cl][Mn+]. The van der Waals surface area contributed by atoms with Crippen LogP contribution in [0.1, 0.15) is 5.56 Å². The Balaban J connectivity index is 0.000000461. The van der Waals surface area contributed by atoms with Crippen molar-refractivity contribution >= 4 is 21.9 Å². The molecule has 0 fully saturated rings. The van der Waals surface area contributed by atoms with Gasteiger partial charge in [-0.15, -0.1) is 23.9 Å². The number of benzene rings is 1. The van der Waals surface area contributed by atoms with Crippen LogP contribution in [-0.2, 0) is 15.1 Å². The van der Waals surface area contributed by atoms with Gasteiger partial charge in [0.15, 0.2) is 0 Å². The van der Waals surface area contributed by atoms with Gasteiger partial charge >= 0.3 is 25.2 Å². The number of thioether (sulfide) groups is 1. The van der Waals surface area contributed by atoms with Crippen LogP contribution in [0.4, 0.5) is 0 Å². The van der Waals surface area contributed by atoms with Gasteiger partial charge in [-0.2, -0.15) is 24.6 Å². The molecule has 0 amide bonds. The van der Waals surface area contributed by atoms with E-state index in [4.69, 9.17) is 0 Å². The third-order valence-corrected chi connectivity index (χ3v) is 1.90. The van der Waals surface area contributed by atoms with Gasteiger partial charge in [-0.3, -0.25) is 0 Å². The molecule has 1 aromatic carbocycles. The first-order chi connectivity index (χ1) is 5.33. The van der Waals surface area contributed by atoms with E-state index in [0.717, 1.165) is 5.56 Å². The Kier molecular flexibility index (Phi) is 7.09. The molecule has 0 unspecified atom stereocenters. The van der Waals surface area contributed by atoms with Gasteiger partial charge in [0.05, 0.1) is 0 Å². The molecule has 0 aliphatic heterocycles. The first-order valence-corrected chi connectivity index (χ1v) is 5.78. The Labute approximate surface area is 84.8 Å². The van der Waals surface area contributed by atoms with Crippen molar-refractivity contribution in [2.24, 2.45) is 0 Å². The van der Waals surface area contributed by atoms with E-state index in [-0.39, 0.29) is 0 Å². The quantitative estimate of drug-likeness (QED) is 0.403. The van der Waals surface area contributed by atoms with Gasteiger partial charge in [0.25, 0.3) is 0 Å². The summed E-state index contributed by atoms with van der Waals surface area (Å²) in [5.41, 5.74) is 1.08. The van der Waals surface area contributed by atoms with Crippen LogP contribution in [0.15, 0.2) is 29.2 Å². The Morgan fingerprint density at radius 1 is 1.27 bits per heavy atom. The van der Waals surface area contributed by atoms with Gasteiger partial charge in [0.1, 0.15) is 0 Å². The van der Waals surface area contributed by atoms with Crippen LogP contribution < -0.4 is 0 Å². The van der Waals surface area contributed by atoms with Gasteiger partial charge in [-0.1, -0.05) is 0 Å². The molecule has 0 heterocycles. The van der Waals surface area contributed by atoms with Crippen LogP contribution >= 0.6 is 21.9 Å². The molecule has 0 aromatic heterocycles. The van der Waals surface area contributed by atoms with Crippen molar-refractivity contribution in [2.45, 2.75) is 4.90 Å². The molecule has 0 spiro atoms. The van der Waals surface area contributed by atoms with E-state index in [1.807, 2.05) is 12.1 Å². The second kappa shape index (κ2) is 6.93. The van der Waals surface area contributed by atoms with Crippen molar-refractivity contribution in [1.82, 2.24) is 0 Å². The second-order valence-corrected chi connectivity index (χ2v) is 2.73. The molecule has 0 radical (unpaired) electrons. The van der Waals surface area contributed by atoms with Gasteiger partial charge in [0.2, 0.25) is 0 Å². The molecule has 61 valence electrons. The second-order valence-electron chi connectivity index (χ2n) is 1.85. The van der Waals surface area contributed by atoms with E-state index in [1.165, 1.54) is 4.90 Å². The molecule has 0 saturated carbocycles. The zero-order valence-corrected chi connectivity index (χ0v) is 8.93. The van der Waals surface area contributed by atoms with E-state index < -0.39 is 0 Å². The van der Waals surface area contributed by atoms with Crippen LogP contribution in [0, 0.1) is 6.92 Å². The van der Waals surface area contributed by atoms with E-state index in [9.17, 15) is 0 Å². The van der Waals surface area contributed by atoms with Crippen LogP contribution in [0.5, 0.6) is 0 Å². The molecular weight excluding hydrogens is 219 g/mol. The normalized spacial score (nSPS) is 8.18. The van der Waals surface area contributed by atoms with E-state index >= 15 is 0 Å². The average Bonchev–Trinajstić information content (AvgIpc) is 2.10. The minimum absolute atomic E-state index is 1.08. The van der Waals surface area contributed by atoms with Crippen molar-refractivity contribution < 1.29 is 15.1 Å². The van der Waals surface area contributed by atoms with Crippen molar-refractivity contribution in [3.8, 4) is 0 Å². The molecule has 0 N–H and O–H groups in total. The van der Waals surface area contributed by atoms with Gasteiger partial charge in [-0.05, 0) is 11.2 Å². The number of rotatable bonds is 1. The molecule has 11 heavy (non-hydrogen) atoms. The summed E-state index contributed by atoms with van der Waals surface area (Å²) < 4.78 is 0. The zero-order valence-electron chi connectivity index (χ0n) is 6.18. The molecule has 0 bridgehead atoms. The summed E-state index contributed by atoms with van der Waals surface area (Å²) in [4.78, 5) is 1.29. The summed E-state index contributed by atoms with van der Waals surface area (Å²) in [5, 5.41) is 0. The van der Waals surface area contributed by atoms with E-state index in [2.05, 4.69) is 50.5 Å². The molecule has 0 atom stereocenters. The third kappa shape index (κ3) is 4.65. The first kappa shape index (κ1) is 11.2. The van der Waals surface area contributed by atoms with Crippen LogP contribution in [0.3, 0.4) is 0 Å². The zero-order chi connectivity index (χ0) is 8.69. The summed E-state index contributed by atoms with van der Waals surface area (Å²) in [6.07, 6.45) is 2.07. The molecule has 0 aliphatic rings. The van der Waals surface area contributed by atoms with Crippen molar-refractivity contribution in [1.29, 1.82) is 0 Å². The molecule has 3 heteroatoms. The summed E-state index contributed by atoms with van der Waals surface area (Å²) in [5.74, 6) is 0. The van der Waals surface area contributed by atoms with E-state index in [0.29, 0.717) is 0 Å². The third-order valence-electron chi connectivity index (χ3n) is 1.16.